The summed E-state index contributed by atoms with van der Waals surface area (Å²) in [7, 11) is 0. The van der Waals surface area contributed by atoms with Gasteiger partial charge < -0.3 is 14.5 Å². The van der Waals surface area contributed by atoms with Gasteiger partial charge in [0.05, 0.1) is 5.56 Å². The van der Waals surface area contributed by atoms with Gasteiger partial charge in [-0.15, -0.1) is 10.2 Å². The van der Waals surface area contributed by atoms with Crippen molar-refractivity contribution in [3.8, 4) is 28.7 Å². The maximum atomic E-state index is 12.9. The Morgan fingerprint density at radius 1 is 0.909 bits per heavy atom. The Bertz CT molecular complexity index is 1200. The molecule has 0 radical (unpaired) electrons. The topological polar surface area (TPSA) is 77.2 Å². The van der Waals surface area contributed by atoms with Crippen LogP contribution in [0.5, 0.6) is 5.75 Å². The second-order valence-electron chi connectivity index (χ2n) is 8.06. The van der Waals surface area contributed by atoms with Crippen LogP contribution in [0.25, 0.3) is 22.9 Å². The molecule has 0 spiro atoms. The molecule has 4 aromatic rings. The maximum Gasteiger partial charge on any atom is 0.265 e. The Morgan fingerprint density at radius 2 is 1.58 bits per heavy atom. The zero-order chi connectivity index (χ0) is 23.2. The molecule has 0 saturated heterocycles. The molecule has 4 rings (SSSR count). The lowest BCUT2D eigenvalue weighted by Crippen LogP contribution is -2.32. The summed E-state index contributed by atoms with van der Waals surface area (Å²) in [6, 6.07) is 24.8. The second kappa shape index (κ2) is 10.1. The highest BCUT2D eigenvalue weighted by molar-refractivity contribution is 5.94. The molecule has 6 nitrogen and oxygen atoms in total. The normalized spacial score (nSPS) is 11.9. The van der Waals surface area contributed by atoms with Gasteiger partial charge in [-0.3, -0.25) is 4.79 Å². The van der Waals surface area contributed by atoms with Crippen molar-refractivity contribution in [3.05, 3.63) is 84.4 Å². The molecule has 0 aliphatic heterocycles. The predicted octanol–water partition coefficient (Wildman–Crippen LogP) is 6.32. The number of benzene rings is 3. The summed E-state index contributed by atoms with van der Waals surface area (Å²) in [5.74, 6) is 1.50. The number of hydrogen-bond acceptors (Lipinski definition) is 5. The molecule has 6 heteroatoms. The van der Waals surface area contributed by atoms with Crippen LogP contribution in [0.3, 0.4) is 0 Å². The third-order valence-electron chi connectivity index (χ3n) is 5.34. The molecule has 3 aromatic carbocycles. The zero-order valence-electron chi connectivity index (χ0n) is 19.0. The smallest absolute Gasteiger partial charge is 0.265 e. The third-order valence-corrected chi connectivity index (χ3v) is 5.34. The monoisotopic (exact) mass is 441 g/mol. The highest BCUT2D eigenvalue weighted by Gasteiger charge is 2.22. The van der Waals surface area contributed by atoms with Crippen LogP contribution >= 0.6 is 0 Å². The summed E-state index contributed by atoms with van der Waals surface area (Å²) in [4.78, 5) is 12.9. The van der Waals surface area contributed by atoms with Gasteiger partial charge in [0.25, 0.3) is 11.8 Å². The fourth-order valence-corrected chi connectivity index (χ4v) is 3.43. The van der Waals surface area contributed by atoms with Crippen molar-refractivity contribution in [1.82, 2.24) is 10.2 Å². The van der Waals surface area contributed by atoms with Crippen LogP contribution in [0.1, 0.15) is 38.7 Å². The molecule has 1 atom stereocenters. The number of para-hydroxylation sites is 1. The standard InChI is InChI=1S/C27H27N3O3/c1-4-23(25(31)28-21-16-14-19(15-17-21)18(2)3)32-24-13-9-8-12-22(24)27-30-29-26(33-27)20-10-6-5-7-11-20/h5-18,23H,4H2,1-3H3,(H,28,31)/t23-/m0/s1. The molecule has 168 valence electrons. The van der Waals surface area contributed by atoms with Crippen LogP contribution in [0.2, 0.25) is 0 Å². The van der Waals surface area contributed by atoms with Crippen molar-refractivity contribution < 1.29 is 13.9 Å². The second-order valence-corrected chi connectivity index (χ2v) is 8.06. The van der Waals surface area contributed by atoms with Gasteiger partial charge in [-0.2, -0.15) is 0 Å². The number of rotatable bonds is 8. The molecule has 33 heavy (non-hydrogen) atoms. The van der Waals surface area contributed by atoms with E-state index in [1.807, 2.05) is 79.7 Å². The predicted molar refractivity (Wildman–Crippen MR) is 129 cm³/mol. The Morgan fingerprint density at radius 3 is 2.27 bits per heavy atom. The summed E-state index contributed by atoms with van der Waals surface area (Å²) in [5, 5.41) is 11.3. The fraction of sp³-hybridized carbons (Fsp3) is 0.222. The van der Waals surface area contributed by atoms with E-state index in [-0.39, 0.29) is 5.91 Å². The summed E-state index contributed by atoms with van der Waals surface area (Å²) in [6.07, 6.45) is -0.170. The van der Waals surface area contributed by atoms with Crippen LogP contribution in [0.4, 0.5) is 5.69 Å². The van der Waals surface area contributed by atoms with Gasteiger partial charge in [-0.25, -0.2) is 0 Å². The van der Waals surface area contributed by atoms with Gasteiger partial charge in [-0.1, -0.05) is 63.2 Å². The van der Waals surface area contributed by atoms with E-state index in [0.717, 1.165) is 11.3 Å². The van der Waals surface area contributed by atoms with E-state index < -0.39 is 6.10 Å². The van der Waals surface area contributed by atoms with Crippen molar-refractivity contribution in [2.24, 2.45) is 0 Å². The van der Waals surface area contributed by atoms with E-state index in [4.69, 9.17) is 9.15 Å². The van der Waals surface area contributed by atoms with E-state index in [9.17, 15) is 4.79 Å². The molecular formula is C27H27N3O3. The van der Waals surface area contributed by atoms with Crippen LogP contribution in [-0.4, -0.2) is 22.2 Å². The van der Waals surface area contributed by atoms with E-state index in [1.165, 1.54) is 5.56 Å². The number of hydrogen-bond donors (Lipinski definition) is 1. The average Bonchev–Trinajstić information content (AvgIpc) is 3.34. The maximum absolute atomic E-state index is 12.9. The highest BCUT2D eigenvalue weighted by atomic mass is 16.5. The van der Waals surface area contributed by atoms with Crippen molar-refractivity contribution in [2.75, 3.05) is 5.32 Å². The third kappa shape index (κ3) is 5.29. The van der Waals surface area contributed by atoms with Crippen molar-refractivity contribution in [1.29, 1.82) is 0 Å². The number of carbonyl (C=O) groups excluding carboxylic acids is 1. The van der Waals surface area contributed by atoms with Gasteiger partial charge in [0.15, 0.2) is 6.10 Å². The molecule has 0 aliphatic rings. The first-order valence-corrected chi connectivity index (χ1v) is 11.1. The van der Waals surface area contributed by atoms with Gasteiger partial charge in [0.1, 0.15) is 5.75 Å². The summed E-state index contributed by atoms with van der Waals surface area (Å²) in [6.45, 7) is 6.19. The number of aromatic nitrogens is 2. The summed E-state index contributed by atoms with van der Waals surface area (Å²) in [5.41, 5.74) is 3.44. The van der Waals surface area contributed by atoms with Crippen molar-refractivity contribution >= 4 is 11.6 Å². The molecule has 0 unspecified atom stereocenters. The van der Waals surface area contributed by atoms with Crippen molar-refractivity contribution in [3.63, 3.8) is 0 Å². The molecule has 1 aromatic heterocycles. The first kappa shape index (κ1) is 22.3. The average molecular weight is 442 g/mol. The van der Waals surface area contributed by atoms with E-state index in [1.54, 1.807) is 6.07 Å². The van der Waals surface area contributed by atoms with Gasteiger partial charge in [0.2, 0.25) is 5.89 Å². The molecular weight excluding hydrogens is 414 g/mol. The minimum atomic E-state index is -0.674. The summed E-state index contributed by atoms with van der Waals surface area (Å²) >= 11 is 0. The van der Waals surface area contributed by atoms with Crippen molar-refractivity contribution in [2.45, 2.75) is 39.2 Å². The number of amides is 1. The Labute approximate surface area is 193 Å². The van der Waals surface area contributed by atoms with Crippen LogP contribution < -0.4 is 10.1 Å². The molecule has 0 fully saturated rings. The van der Waals surface area contributed by atoms with Gasteiger partial charge in [-0.05, 0) is 54.3 Å². The van der Waals surface area contributed by atoms with Gasteiger partial charge in [0, 0.05) is 11.3 Å². The molecule has 0 saturated carbocycles. The summed E-state index contributed by atoms with van der Waals surface area (Å²) < 4.78 is 12.0. The first-order chi connectivity index (χ1) is 16.0. The van der Waals surface area contributed by atoms with Crippen LogP contribution in [-0.2, 0) is 4.79 Å². The lowest BCUT2D eigenvalue weighted by molar-refractivity contribution is -0.122. The lowest BCUT2D eigenvalue weighted by Gasteiger charge is -2.19. The molecule has 1 N–H and O–H groups in total. The molecule has 1 amide bonds. The highest BCUT2D eigenvalue weighted by Crippen LogP contribution is 2.32. The Kier molecular flexibility index (Phi) is 6.83. The Hall–Kier alpha value is -3.93. The first-order valence-electron chi connectivity index (χ1n) is 11.1. The van der Waals surface area contributed by atoms with Crippen LogP contribution in [0, 0.1) is 0 Å². The SMILES string of the molecule is CC[C@H](Oc1ccccc1-c1nnc(-c2ccccc2)o1)C(=O)Nc1ccc(C(C)C)cc1. The zero-order valence-corrected chi connectivity index (χ0v) is 19.0. The minimum Gasteiger partial charge on any atom is -0.480 e. The quantitative estimate of drug-likeness (QED) is 0.346. The number of nitrogens with one attached hydrogen (secondary N) is 1. The fourth-order valence-electron chi connectivity index (χ4n) is 3.43. The van der Waals surface area contributed by atoms with Gasteiger partial charge >= 0.3 is 0 Å². The largest absolute Gasteiger partial charge is 0.480 e. The van der Waals surface area contributed by atoms with Crippen LogP contribution in [0.15, 0.2) is 83.3 Å². The van der Waals surface area contributed by atoms with E-state index in [0.29, 0.717) is 35.4 Å². The molecule has 1 heterocycles. The number of ether oxygens (including phenoxy) is 1. The van der Waals surface area contributed by atoms with E-state index in [2.05, 4.69) is 29.4 Å². The molecule has 0 aliphatic carbocycles. The number of nitrogens with zero attached hydrogens (tertiary/aromatic N) is 2. The number of anilines is 1. The van der Waals surface area contributed by atoms with E-state index >= 15 is 0 Å². The lowest BCUT2D eigenvalue weighted by atomic mass is 10.0. The minimum absolute atomic E-state index is 0.208. The number of carbonyl (C=O) groups is 1. The molecule has 0 bridgehead atoms. The Balaban J connectivity index is 1.51.